The molecule has 1 saturated heterocycles. The van der Waals surface area contributed by atoms with E-state index in [-0.39, 0.29) is 10.5 Å². The summed E-state index contributed by atoms with van der Waals surface area (Å²) in [6.07, 6.45) is 3.31. The number of likely N-dealkylation sites (tertiary alicyclic amines) is 1. The molecule has 1 heterocycles. The topological polar surface area (TPSA) is 63.4 Å². The maximum atomic E-state index is 13.8. The maximum Gasteiger partial charge on any atom is 0.238 e. The van der Waals surface area contributed by atoms with Crippen LogP contribution in [0, 0.1) is 5.82 Å². The van der Waals surface area contributed by atoms with Crippen LogP contribution in [-0.4, -0.2) is 26.4 Å². The second-order valence-corrected chi connectivity index (χ2v) is 6.13. The Hall–Kier alpha value is -0.980. The summed E-state index contributed by atoms with van der Waals surface area (Å²) in [7, 11) is -3.87. The number of halogens is 1. The lowest BCUT2D eigenvalue weighted by Crippen LogP contribution is -2.30. The Morgan fingerprint density at radius 1 is 1.22 bits per heavy atom. The van der Waals surface area contributed by atoms with Crippen LogP contribution in [0.25, 0.3) is 0 Å². The van der Waals surface area contributed by atoms with Gasteiger partial charge in [0.1, 0.15) is 5.82 Å². The molecular weight excluding hydrogens is 255 g/mol. The zero-order chi connectivity index (χ0) is 13.2. The van der Waals surface area contributed by atoms with E-state index in [4.69, 9.17) is 5.14 Å². The molecule has 0 radical (unpaired) electrons. The molecule has 2 rings (SSSR count). The lowest BCUT2D eigenvalue weighted by molar-refractivity contribution is 0.216. The Balaban J connectivity index is 2.31. The van der Waals surface area contributed by atoms with E-state index in [9.17, 15) is 12.8 Å². The number of hydrogen-bond acceptors (Lipinski definition) is 3. The molecule has 0 aliphatic carbocycles. The number of nitrogens with zero attached hydrogens (tertiary/aromatic N) is 1. The first kappa shape index (κ1) is 13.5. The van der Waals surface area contributed by atoms with Gasteiger partial charge >= 0.3 is 0 Å². The van der Waals surface area contributed by atoms with Crippen LogP contribution in [0.2, 0.25) is 0 Å². The van der Waals surface area contributed by atoms with Crippen molar-refractivity contribution in [2.45, 2.75) is 30.7 Å². The second kappa shape index (κ2) is 5.34. The van der Waals surface area contributed by atoms with E-state index < -0.39 is 15.8 Å². The molecule has 1 aromatic rings. The maximum absolute atomic E-state index is 13.8. The summed E-state index contributed by atoms with van der Waals surface area (Å²) in [5.41, 5.74) is 0.182. The van der Waals surface area contributed by atoms with Gasteiger partial charge < -0.3 is 0 Å². The van der Waals surface area contributed by atoms with Crippen LogP contribution in [0.3, 0.4) is 0 Å². The number of hydrogen-bond donors (Lipinski definition) is 1. The molecule has 18 heavy (non-hydrogen) atoms. The zero-order valence-corrected chi connectivity index (χ0v) is 10.9. The first-order chi connectivity index (χ1) is 8.48. The number of sulfonamides is 1. The van der Waals surface area contributed by atoms with Crippen molar-refractivity contribution in [1.29, 1.82) is 0 Å². The van der Waals surface area contributed by atoms with Gasteiger partial charge in [-0.25, -0.2) is 17.9 Å². The Labute approximate surface area is 107 Å². The Kier molecular flexibility index (Phi) is 3.99. The first-order valence-electron chi connectivity index (χ1n) is 6.01. The molecule has 0 spiro atoms. The molecule has 6 heteroatoms. The summed E-state index contributed by atoms with van der Waals surface area (Å²) in [6, 6.07) is 4.00. The van der Waals surface area contributed by atoms with Crippen LogP contribution < -0.4 is 5.14 Å². The Bertz CT molecular complexity index is 525. The summed E-state index contributed by atoms with van der Waals surface area (Å²) in [4.78, 5) is 1.96. The van der Waals surface area contributed by atoms with E-state index in [0.29, 0.717) is 6.54 Å². The zero-order valence-electron chi connectivity index (χ0n) is 10.1. The van der Waals surface area contributed by atoms with Gasteiger partial charge in [0, 0.05) is 12.1 Å². The molecule has 1 fully saturated rings. The lowest BCUT2D eigenvalue weighted by atomic mass is 10.1. The summed E-state index contributed by atoms with van der Waals surface area (Å²) < 4.78 is 36.7. The second-order valence-electron chi connectivity index (χ2n) is 4.60. The summed E-state index contributed by atoms with van der Waals surface area (Å²) in [5, 5.41) is 5.12. The number of piperidine rings is 1. The SMILES string of the molecule is NS(=O)(=O)c1cccc(F)c1CN1CCCCC1. The lowest BCUT2D eigenvalue weighted by Gasteiger charge is -2.27. The van der Waals surface area contributed by atoms with Gasteiger partial charge in [-0.05, 0) is 38.1 Å². The van der Waals surface area contributed by atoms with Crippen molar-refractivity contribution in [3.63, 3.8) is 0 Å². The van der Waals surface area contributed by atoms with E-state index >= 15 is 0 Å². The molecule has 1 aromatic carbocycles. The number of primary sulfonamides is 1. The van der Waals surface area contributed by atoms with E-state index in [2.05, 4.69) is 4.90 Å². The van der Waals surface area contributed by atoms with Gasteiger partial charge in [0.2, 0.25) is 10.0 Å². The van der Waals surface area contributed by atoms with Gasteiger partial charge in [-0.1, -0.05) is 12.5 Å². The van der Waals surface area contributed by atoms with Gasteiger partial charge in [-0.15, -0.1) is 0 Å². The third kappa shape index (κ3) is 3.07. The molecule has 0 saturated carbocycles. The van der Waals surface area contributed by atoms with Crippen molar-refractivity contribution in [3.05, 3.63) is 29.6 Å². The molecular formula is C12H17FN2O2S. The molecule has 1 aliphatic heterocycles. The number of nitrogens with two attached hydrogens (primary N) is 1. The fraction of sp³-hybridized carbons (Fsp3) is 0.500. The van der Waals surface area contributed by atoms with E-state index in [0.717, 1.165) is 25.9 Å². The molecule has 0 amide bonds. The fourth-order valence-corrected chi connectivity index (χ4v) is 3.07. The highest BCUT2D eigenvalue weighted by Gasteiger charge is 2.20. The Morgan fingerprint density at radius 2 is 1.89 bits per heavy atom. The Morgan fingerprint density at radius 3 is 2.50 bits per heavy atom. The van der Waals surface area contributed by atoms with Crippen LogP contribution in [0.5, 0.6) is 0 Å². The predicted molar refractivity (Wildman–Crippen MR) is 66.9 cm³/mol. The van der Waals surface area contributed by atoms with Crippen LogP contribution in [0.1, 0.15) is 24.8 Å². The average molecular weight is 272 g/mol. The molecule has 4 nitrogen and oxygen atoms in total. The van der Waals surface area contributed by atoms with Gasteiger partial charge in [-0.3, -0.25) is 4.90 Å². The largest absolute Gasteiger partial charge is 0.299 e. The van der Waals surface area contributed by atoms with Crippen LogP contribution in [-0.2, 0) is 16.6 Å². The minimum Gasteiger partial charge on any atom is -0.299 e. The summed E-state index contributed by atoms with van der Waals surface area (Å²) in [6.45, 7) is 2.05. The van der Waals surface area contributed by atoms with Gasteiger partial charge in [-0.2, -0.15) is 0 Å². The van der Waals surface area contributed by atoms with Crippen molar-refractivity contribution >= 4 is 10.0 Å². The normalized spacial score (nSPS) is 17.9. The van der Waals surface area contributed by atoms with Gasteiger partial charge in [0.05, 0.1) is 4.90 Å². The van der Waals surface area contributed by atoms with Crippen molar-refractivity contribution < 1.29 is 12.8 Å². The summed E-state index contributed by atoms with van der Waals surface area (Å²) >= 11 is 0. The van der Waals surface area contributed by atoms with E-state index in [1.165, 1.54) is 24.6 Å². The molecule has 0 aromatic heterocycles. The van der Waals surface area contributed by atoms with Crippen LogP contribution in [0.15, 0.2) is 23.1 Å². The van der Waals surface area contributed by atoms with Crippen molar-refractivity contribution in [2.24, 2.45) is 5.14 Å². The van der Waals surface area contributed by atoms with Crippen molar-refractivity contribution in [2.75, 3.05) is 13.1 Å². The van der Waals surface area contributed by atoms with Crippen molar-refractivity contribution in [1.82, 2.24) is 4.90 Å². The quantitative estimate of drug-likeness (QED) is 0.906. The summed E-state index contributed by atoms with van der Waals surface area (Å²) in [5.74, 6) is -0.507. The van der Waals surface area contributed by atoms with E-state index in [1.807, 2.05) is 0 Å². The molecule has 100 valence electrons. The third-order valence-electron chi connectivity index (χ3n) is 3.21. The molecule has 1 aliphatic rings. The minimum absolute atomic E-state index is 0.104. The number of rotatable bonds is 3. The third-order valence-corrected chi connectivity index (χ3v) is 4.21. The minimum atomic E-state index is -3.87. The number of benzene rings is 1. The highest BCUT2D eigenvalue weighted by molar-refractivity contribution is 7.89. The van der Waals surface area contributed by atoms with E-state index in [1.54, 1.807) is 0 Å². The first-order valence-corrected chi connectivity index (χ1v) is 7.55. The molecule has 0 atom stereocenters. The monoisotopic (exact) mass is 272 g/mol. The molecule has 0 unspecified atom stereocenters. The molecule has 0 bridgehead atoms. The van der Waals surface area contributed by atoms with Crippen molar-refractivity contribution in [3.8, 4) is 0 Å². The molecule has 2 N–H and O–H groups in total. The van der Waals surface area contributed by atoms with Gasteiger partial charge in [0.25, 0.3) is 0 Å². The highest BCUT2D eigenvalue weighted by Crippen LogP contribution is 2.21. The predicted octanol–water partition coefficient (Wildman–Crippen LogP) is 1.46. The standard InChI is InChI=1S/C12H17FN2O2S/c13-11-5-4-6-12(18(14,16)17)10(11)9-15-7-2-1-3-8-15/h4-6H,1-3,7-9H2,(H2,14,16,17). The highest BCUT2D eigenvalue weighted by atomic mass is 32.2. The fourth-order valence-electron chi connectivity index (χ4n) is 2.30. The van der Waals surface area contributed by atoms with Crippen LogP contribution in [0.4, 0.5) is 4.39 Å². The van der Waals surface area contributed by atoms with Crippen LogP contribution >= 0.6 is 0 Å². The average Bonchev–Trinajstić information content (AvgIpc) is 2.32. The smallest absolute Gasteiger partial charge is 0.238 e. The van der Waals surface area contributed by atoms with Gasteiger partial charge in [0.15, 0.2) is 0 Å².